The van der Waals surface area contributed by atoms with E-state index in [1.54, 1.807) is 0 Å². The van der Waals surface area contributed by atoms with Crippen LogP contribution < -0.4 is 0 Å². The summed E-state index contributed by atoms with van der Waals surface area (Å²) in [7, 11) is 0. The molecule has 5 heteroatoms. The van der Waals surface area contributed by atoms with Gasteiger partial charge in [-0.2, -0.15) is 0 Å². The molecule has 0 saturated carbocycles. The van der Waals surface area contributed by atoms with E-state index in [2.05, 4.69) is 81.5 Å². The molecule has 5 nitrogen and oxygen atoms in total. The average Bonchev–Trinajstić information content (AvgIpc) is 3.32. The average molecular weight is 922 g/mol. The minimum absolute atomic E-state index is 0.0457. The van der Waals surface area contributed by atoms with Crippen molar-refractivity contribution in [2.75, 3.05) is 19.8 Å². The van der Waals surface area contributed by atoms with E-state index >= 15 is 0 Å². The Bertz CT molecular complexity index is 1180. The number of hydrogen-bond donors (Lipinski definition) is 0. The van der Waals surface area contributed by atoms with E-state index in [9.17, 15) is 9.59 Å². The number of hydrogen-bond acceptors (Lipinski definition) is 5. The first-order chi connectivity index (χ1) is 32.6. The summed E-state index contributed by atoms with van der Waals surface area (Å²) >= 11 is 0. The Morgan fingerprint density at radius 3 is 1.15 bits per heavy atom. The Balaban J connectivity index is 4.34. The lowest BCUT2D eigenvalue weighted by Crippen LogP contribution is -2.29. The van der Waals surface area contributed by atoms with Gasteiger partial charge >= 0.3 is 11.9 Å². The number of allylic oxidation sites excluding steroid dienone is 11. The van der Waals surface area contributed by atoms with Gasteiger partial charge in [-0.1, -0.05) is 267 Å². The van der Waals surface area contributed by atoms with E-state index in [4.69, 9.17) is 14.2 Å². The van der Waals surface area contributed by atoms with Gasteiger partial charge in [0.1, 0.15) is 6.61 Å². The predicted octanol–water partition coefficient (Wildman–Crippen LogP) is 19.5. The van der Waals surface area contributed by atoms with Crippen LogP contribution in [-0.4, -0.2) is 37.9 Å². The molecule has 0 heterocycles. The van der Waals surface area contributed by atoms with E-state index in [0.29, 0.717) is 13.0 Å². The fourth-order valence-electron chi connectivity index (χ4n) is 8.05. The molecule has 0 aliphatic carbocycles. The number of carbonyl (C=O) groups is 2. The van der Waals surface area contributed by atoms with Crippen molar-refractivity contribution in [2.24, 2.45) is 0 Å². The summed E-state index contributed by atoms with van der Waals surface area (Å²) < 4.78 is 17.4. The first-order valence-corrected chi connectivity index (χ1v) is 28.5. The van der Waals surface area contributed by atoms with Crippen molar-refractivity contribution in [2.45, 2.75) is 284 Å². The van der Waals surface area contributed by atoms with Crippen LogP contribution in [0.15, 0.2) is 72.9 Å². The first-order valence-electron chi connectivity index (χ1n) is 28.5. The summed E-state index contributed by atoms with van der Waals surface area (Å²) in [5.74, 6) is -0.534. The molecule has 0 aromatic heterocycles. The highest BCUT2D eigenvalue weighted by atomic mass is 16.6. The molecule has 0 radical (unpaired) electrons. The van der Waals surface area contributed by atoms with Crippen LogP contribution in [-0.2, 0) is 23.8 Å². The van der Waals surface area contributed by atoms with Crippen molar-refractivity contribution in [1.29, 1.82) is 0 Å². The monoisotopic (exact) mass is 921 g/mol. The lowest BCUT2D eigenvalue weighted by Gasteiger charge is -2.18. The summed E-state index contributed by atoms with van der Waals surface area (Å²) in [6, 6.07) is 0. The van der Waals surface area contributed by atoms with Crippen molar-refractivity contribution < 1.29 is 23.8 Å². The third-order valence-corrected chi connectivity index (χ3v) is 12.3. The molecule has 1 unspecified atom stereocenters. The first kappa shape index (κ1) is 63.3. The maximum atomic E-state index is 12.8. The summed E-state index contributed by atoms with van der Waals surface area (Å²) in [5.41, 5.74) is 0. The molecule has 0 aliphatic heterocycles. The zero-order valence-electron chi connectivity index (χ0n) is 44.0. The zero-order chi connectivity index (χ0) is 47.7. The Labute approximate surface area is 410 Å². The number of unbranched alkanes of at least 4 members (excludes halogenated alkanes) is 30. The fourth-order valence-corrected chi connectivity index (χ4v) is 8.05. The SMILES string of the molecule is CC/C=C\C/C=C\C/C=C\C/C=C\C/C=C\CC(=O)OC(COCCCCCCCCCC/C=C\CCCCCCCC)COC(=O)CCCCCCCCCCCCCCCCCCC. The van der Waals surface area contributed by atoms with Crippen LogP contribution in [0.2, 0.25) is 0 Å². The summed E-state index contributed by atoms with van der Waals surface area (Å²) in [6.07, 6.45) is 73.8. The molecule has 0 aliphatic rings. The van der Waals surface area contributed by atoms with Gasteiger partial charge in [0.05, 0.1) is 13.0 Å². The minimum atomic E-state index is -0.592. The lowest BCUT2D eigenvalue weighted by molar-refractivity contribution is -0.162. The quantitative estimate of drug-likeness (QED) is 0.0346. The number of ether oxygens (including phenoxy) is 3. The molecule has 0 saturated heterocycles. The molecule has 0 rings (SSSR count). The fraction of sp³-hybridized carbons (Fsp3) is 0.770. The van der Waals surface area contributed by atoms with Crippen molar-refractivity contribution in [3.63, 3.8) is 0 Å². The van der Waals surface area contributed by atoms with E-state index < -0.39 is 6.10 Å². The Hall–Kier alpha value is -2.66. The number of esters is 2. The normalized spacial score (nSPS) is 12.7. The number of carbonyl (C=O) groups excluding carboxylic acids is 2. The van der Waals surface area contributed by atoms with Gasteiger partial charge in [0, 0.05) is 13.0 Å². The highest BCUT2D eigenvalue weighted by molar-refractivity contribution is 5.71. The topological polar surface area (TPSA) is 61.8 Å². The zero-order valence-corrected chi connectivity index (χ0v) is 44.0. The van der Waals surface area contributed by atoms with Crippen LogP contribution in [0, 0.1) is 0 Å². The molecule has 1 atom stereocenters. The Kier molecular flexibility index (Phi) is 54.4. The van der Waals surface area contributed by atoms with Crippen molar-refractivity contribution in [3.8, 4) is 0 Å². The molecular weight excluding hydrogens is 813 g/mol. The largest absolute Gasteiger partial charge is 0.462 e. The van der Waals surface area contributed by atoms with Crippen LogP contribution in [0.3, 0.4) is 0 Å². The standard InChI is InChI=1S/C61H108O5/c1-4-7-10-13-16-19-22-25-28-30-32-35-38-41-44-47-50-53-56-64-57-59(66-61(63)55-52-49-46-43-40-37-33-27-24-21-18-15-12-9-6-3)58-65-60(62)54-51-48-45-42-39-36-34-31-29-26-23-20-17-14-11-8-5-2/h9,12,18,21,25,27-28,33,40,43,49,52,59H,4-8,10-11,13-17,19-20,22-24,26,29-32,34-39,41-42,44-48,50-51,53-58H2,1-3H3/b12-9-,21-18-,28-25-,33-27-,43-40-,52-49-. The highest BCUT2D eigenvalue weighted by Gasteiger charge is 2.17. The molecule has 382 valence electrons. The van der Waals surface area contributed by atoms with Crippen LogP contribution in [0.5, 0.6) is 0 Å². The van der Waals surface area contributed by atoms with E-state index in [1.165, 1.54) is 186 Å². The molecule has 66 heavy (non-hydrogen) atoms. The van der Waals surface area contributed by atoms with Crippen LogP contribution >= 0.6 is 0 Å². The van der Waals surface area contributed by atoms with Crippen molar-refractivity contribution in [3.05, 3.63) is 72.9 Å². The van der Waals surface area contributed by atoms with Gasteiger partial charge in [-0.05, 0) is 70.6 Å². The molecule has 0 aromatic rings. The van der Waals surface area contributed by atoms with Gasteiger partial charge in [-0.3, -0.25) is 9.59 Å². The Morgan fingerprint density at radius 2 is 0.727 bits per heavy atom. The van der Waals surface area contributed by atoms with Crippen LogP contribution in [0.1, 0.15) is 278 Å². The maximum absolute atomic E-state index is 12.8. The molecule has 0 amide bonds. The summed E-state index contributed by atoms with van der Waals surface area (Å²) in [5, 5.41) is 0. The third kappa shape index (κ3) is 54.0. The van der Waals surface area contributed by atoms with Gasteiger partial charge in [0.15, 0.2) is 6.10 Å². The van der Waals surface area contributed by atoms with Crippen LogP contribution in [0.4, 0.5) is 0 Å². The predicted molar refractivity (Wildman–Crippen MR) is 288 cm³/mol. The van der Waals surface area contributed by atoms with Gasteiger partial charge in [0.2, 0.25) is 0 Å². The van der Waals surface area contributed by atoms with Gasteiger partial charge in [-0.15, -0.1) is 0 Å². The molecule has 0 N–H and O–H groups in total. The molecular formula is C61H108O5. The third-order valence-electron chi connectivity index (χ3n) is 12.3. The van der Waals surface area contributed by atoms with Gasteiger partial charge in [0.25, 0.3) is 0 Å². The van der Waals surface area contributed by atoms with Crippen molar-refractivity contribution in [1.82, 2.24) is 0 Å². The van der Waals surface area contributed by atoms with Crippen LogP contribution in [0.25, 0.3) is 0 Å². The summed E-state index contributed by atoms with van der Waals surface area (Å²) in [6.45, 7) is 7.64. The van der Waals surface area contributed by atoms with E-state index in [-0.39, 0.29) is 31.6 Å². The molecule has 0 aromatic carbocycles. The lowest BCUT2D eigenvalue weighted by atomic mass is 10.0. The molecule has 0 bridgehead atoms. The Morgan fingerprint density at radius 1 is 0.364 bits per heavy atom. The molecule has 0 spiro atoms. The second-order valence-electron chi connectivity index (χ2n) is 18.8. The second kappa shape index (κ2) is 56.7. The molecule has 0 fully saturated rings. The smallest absolute Gasteiger partial charge is 0.310 e. The second-order valence-corrected chi connectivity index (χ2v) is 18.8. The highest BCUT2D eigenvalue weighted by Crippen LogP contribution is 2.16. The van der Waals surface area contributed by atoms with Crippen molar-refractivity contribution >= 4 is 11.9 Å². The summed E-state index contributed by atoms with van der Waals surface area (Å²) in [4.78, 5) is 25.4. The van der Waals surface area contributed by atoms with E-state index in [1.807, 2.05) is 12.2 Å². The number of rotatable bonds is 52. The minimum Gasteiger partial charge on any atom is -0.462 e. The van der Waals surface area contributed by atoms with Gasteiger partial charge in [-0.25, -0.2) is 0 Å². The van der Waals surface area contributed by atoms with Gasteiger partial charge < -0.3 is 14.2 Å². The van der Waals surface area contributed by atoms with E-state index in [0.717, 1.165) is 57.8 Å². The maximum Gasteiger partial charge on any atom is 0.310 e.